The molecule has 0 saturated carbocycles. The molecule has 0 radical (unpaired) electrons. The first kappa shape index (κ1) is 24.0. The number of thioether (sulfide) groups is 1. The predicted octanol–water partition coefficient (Wildman–Crippen LogP) is 3.83. The van der Waals surface area contributed by atoms with Crippen molar-refractivity contribution in [1.82, 2.24) is 4.90 Å². The van der Waals surface area contributed by atoms with Gasteiger partial charge in [0.2, 0.25) is 0 Å². The highest BCUT2D eigenvalue weighted by Gasteiger charge is 2.41. The van der Waals surface area contributed by atoms with Gasteiger partial charge in [-0.25, -0.2) is 9.18 Å². The molecule has 1 heterocycles. The zero-order valence-electron chi connectivity index (χ0n) is 17.9. The molecule has 172 valence electrons. The third kappa shape index (κ3) is 6.19. The second-order valence-corrected chi connectivity index (χ2v) is 7.89. The Morgan fingerprint density at radius 2 is 1.79 bits per heavy atom. The van der Waals surface area contributed by atoms with Gasteiger partial charge in [-0.1, -0.05) is 12.1 Å². The van der Waals surface area contributed by atoms with Crippen molar-refractivity contribution in [2.45, 2.75) is 19.9 Å². The van der Waals surface area contributed by atoms with Crippen LogP contribution in [0.1, 0.15) is 19.4 Å². The van der Waals surface area contributed by atoms with E-state index in [4.69, 9.17) is 9.47 Å². The summed E-state index contributed by atoms with van der Waals surface area (Å²) in [5.41, 5.74) is 1.08. The lowest BCUT2D eigenvalue weighted by molar-refractivity contribution is -0.150. The molecule has 8 nitrogen and oxygen atoms in total. The molecule has 3 rings (SSSR count). The molecule has 2 aromatic carbocycles. The largest absolute Gasteiger partial charge is 0.484 e. The summed E-state index contributed by atoms with van der Waals surface area (Å²) in [5, 5.41) is 2.04. The fraction of sp³-hybridized carbons (Fsp3) is 0.217. The molecule has 1 aliphatic heterocycles. The average Bonchev–Trinajstić information content (AvgIpc) is 3.07. The fourth-order valence-electron chi connectivity index (χ4n) is 2.87. The van der Waals surface area contributed by atoms with Gasteiger partial charge in [0.25, 0.3) is 17.1 Å². The van der Waals surface area contributed by atoms with Crippen molar-refractivity contribution >= 4 is 46.5 Å². The summed E-state index contributed by atoms with van der Waals surface area (Å²) in [6.45, 7) is 2.98. The Labute approximate surface area is 193 Å². The number of ether oxygens (including phenoxy) is 2. The highest BCUT2D eigenvalue weighted by molar-refractivity contribution is 8.18. The molecule has 1 atom stereocenters. The van der Waals surface area contributed by atoms with Crippen LogP contribution in [0.4, 0.5) is 14.9 Å². The lowest BCUT2D eigenvalue weighted by Crippen LogP contribution is -2.42. The van der Waals surface area contributed by atoms with E-state index in [2.05, 4.69) is 5.32 Å². The van der Waals surface area contributed by atoms with E-state index in [1.807, 2.05) is 0 Å². The summed E-state index contributed by atoms with van der Waals surface area (Å²) in [6, 6.07) is 10.9. The number of benzene rings is 2. The molecule has 2 aromatic rings. The van der Waals surface area contributed by atoms with Gasteiger partial charge in [0.05, 0.1) is 11.5 Å². The molecule has 10 heteroatoms. The Hall–Kier alpha value is -3.66. The number of rotatable bonds is 8. The van der Waals surface area contributed by atoms with Crippen LogP contribution in [-0.2, 0) is 19.1 Å². The van der Waals surface area contributed by atoms with Crippen LogP contribution in [0.25, 0.3) is 6.08 Å². The van der Waals surface area contributed by atoms with Crippen molar-refractivity contribution in [3.05, 3.63) is 64.8 Å². The van der Waals surface area contributed by atoms with Crippen LogP contribution in [0, 0.1) is 5.82 Å². The third-order valence-electron chi connectivity index (χ3n) is 4.51. The normalized spacial score (nSPS) is 15.5. The number of anilines is 1. The lowest BCUT2D eigenvalue weighted by atomic mass is 10.2. The Bertz CT molecular complexity index is 1090. The minimum Gasteiger partial charge on any atom is -0.484 e. The molecule has 0 unspecified atom stereocenters. The zero-order valence-corrected chi connectivity index (χ0v) is 18.7. The number of nitrogens with one attached hydrogen (secondary N) is 1. The van der Waals surface area contributed by atoms with E-state index in [9.17, 15) is 23.6 Å². The highest BCUT2D eigenvalue weighted by atomic mass is 32.2. The number of hydrogen-bond acceptors (Lipinski definition) is 7. The zero-order chi connectivity index (χ0) is 24.0. The Morgan fingerprint density at radius 1 is 1.12 bits per heavy atom. The Kier molecular flexibility index (Phi) is 7.83. The number of amides is 3. The molecule has 1 fully saturated rings. The summed E-state index contributed by atoms with van der Waals surface area (Å²) in [4.78, 5) is 49.8. The van der Waals surface area contributed by atoms with E-state index in [0.29, 0.717) is 17.0 Å². The monoisotopic (exact) mass is 472 g/mol. The van der Waals surface area contributed by atoms with Crippen LogP contribution in [-0.4, -0.2) is 47.2 Å². The summed E-state index contributed by atoms with van der Waals surface area (Å²) >= 11 is 0.744. The summed E-state index contributed by atoms with van der Waals surface area (Å²) < 4.78 is 23.2. The van der Waals surface area contributed by atoms with E-state index < -0.39 is 34.9 Å². The molecule has 1 saturated heterocycles. The van der Waals surface area contributed by atoms with Gasteiger partial charge in [-0.3, -0.25) is 19.3 Å². The lowest BCUT2D eigenvalue weighted by Gasteiger charge is -2.19. The van der Waals surface area contributed by atoms with E-state index in [1.165, 1.54) is 37.3 Å². The third-order valence-corrected chi connectivity index (χ3v) is 5.40. The Morgan fingerprint density at radius 3 is 2.42 bits per heavy atom. The van der Waals surface area contributed by atoms with E-state index >= 15 is 0 Å². The average molecular weight is 472 g/mol. The first-order valence-corrected chi connectivity index (χ1v) is 10.8. The van der Waals surface area contributed by atoms with Crippen LogP contribution in [0.3, 0.4) is 0 Å². The van der Waals surface area contributed by atoms with Crippen LogP contribution in [0.5, 0.6) is 5.75 Å². The summed E-state index contributed by atoms with van der Waals surface area (Å²) in [7, 11) is 0. The van der Waals surface area contributed by atoms with Gasteiger partial charge >= 0.3 is 5.97 Å². The van der Waals surface area contributed by atoms with E-state index in [-0.39, 0.29) is 18.1 Å². The first-order valence-electron chi connectivity index (χ1n) is 10.0. The van der Waals surface area contributed by atoms with Gasteiger partial charge in [-0.05, 0) is 73.6 Å². The van der Waals surface area contributed by atoms with Crippen LogP contribution in [0.15, 0.2) is 53.4 Å². The van der Waals surface area contributed by atoms with Gasteiger partial charge in [-0.2, -0.15) is 0 Å². The molecule has 3 amide bonds. The van der Waals surface area contributed by atoms with Gasteiger partial charge in [0, 0.05) is 5.69 Å². The minimum absolute atomic E-state index is 0.150. The number of halogens is 1. The smallest absolute Gasteiger partial charge is 0.329 e. The maximum Gasteiger partial charge on any atom is 0.329 e. The molecule has 1 N–H and O–H groups in total. The number of nitrogens with zero attached hydrogens (tertiary/aromatic N) is 1. The van der Waals surface area contributed by atoms with Crippen molar-refractivity contribution in [3.63, 3.8) is 0 Å². The number of carbonyl (C=O) groups excluding carboxylic acids is 4. The number of carbonyl (C=O) groups is 4. The van der Waals surface area contributed by atoms with Crippen molar-refractivity contribution in [1.29, 1.82) is 0 Å². The van der Waals surface area contributed by atoms with Crippen LogP contribution >= 0.6 is 11.8 Å². The second kappa shape index (κ2) is 10.8. The molecule has 0 aliphatic carbocycles. The van der Waals surface area contributed by atoms with Crippen LogP contribution < -0.4 is 10.1 Å². The van der Waals surface area contributed by atoms with E-state index in [1.54, 1.807) is 31.2 Å². The minimum atomic E-state index is -1.01. The van der Waals surface area contributed by atoms with Crippen molar-refractivity contribution in [3.8, 4) is 5.75 Å². The van der Waals surface area contributed by atoms with Gasteiger partial charge in [0.1, 0.15) is 17.6 Å². The van der Waals surface area contributed by atoms with Crippen LogP contribution in [0.2, 0.25) is 0 Å². The summed E-state index contributed by atoms with van der Waals surface area (Å²) in [6.07, 6.45) is 1.54. The number of esters is 1. The molecule has 0 bridgehead atoms. The topological polar surface area (TPSA) is 102 Å². The molecule has 0 aromatic heterocycles. The maximum atomic E-state index is 12.9. The molecule has 33 heavy (non-hydrogen) atoms. The van der Waals surface area contributed by atoms with E-state index in [0.717, 1.165) is 16.7 Å². The Balaban J connectivity index is 1.58. The number of imide groups is 1. The quantitative estimate of drug-likeness (QED) is 0.460. The summed E-state index contributed by atoms with van der Waals surface area (Å²) in [5.74, 6) is -1.60. The second-order valence-electron chi connectivity index (χ2n) is 6.89. The molecule has 0 spiro atoms. The molecule has 1 aliphatic rings. The van der Waals surface area contributed by atoms with Crippen molar-refractivity contribution in [2.75, 3.05) is 18.5 Å². The van der Waals surface area contributed by atoms with Gasteiger partial charge in [0.15, 0.2) is 6.61 Å². The number of hydrogen-bond donors (Lipinski definition) is 1. The molecular formula is C23H21FN2O6S. The van der Waals surface area contributed by atoms with Crippen molar-refractivity contribution in [2.24, 2.45) is 0 Å². The van der Waals surface area contributed by atoms with Crippen molar-refractivity contribution < 1.29 is 33.0 Å². The SMILES string of the molecule is CCOC(=O)[C@@H](C)N1C(=O)S/C(=C\c2ccc(OCC(=O)Nc3ccc(F)cc3)cc2)C1=O. The predicted molar refractivity (Wildman–Crippen MR) is 121 cm³/mol. The first-order chi connectivity index (χ1) is 15.8. The molecular weight excluding hydrogens is 451 g/mol. The fourth-order valence-corrected chi connectivity index (χ4v) is 3.78. The standard InChI is InChI=1S/C23H21FN2O6S/c1-3-31-22(29)14(2)26-21(28)19(33-23(26)30)12-15-4-10-18(11-5-15)32-13-20(27)25-17-8-6-16(24)7-9-17/h4-12,14H,3,13H2,1-2H3,(H,25,27)/b19-12-/t14-/m1/s1. The highest BCUT2D eigenvalue weighted by Crippen LogP contribution is 2.34. The maximum absolute atomic E-state index is 12.9. The van der Waals surface area contributed by atoms with Gasteiger partial charge < -0.3 is 14.8 Å². The van der Waals surface area contributed by atoms with Gasteiger partial charge in [-0.15, -0.1) is 0 Å².